The summed E-state index contributed by atoms with van der Waals surface area (Å²) in [5, 5.41) is 6.37. The van der Waals surface area contributed by atoms with Gasteiger partial charge in [0.2, 0.25) is 0 Å². The minimum Gasteiger partial charge on any atom is -0.313 e. The fourth-order valence-electron chi connectivity index (χ4n) is 7.71. The van der Waals surface area contributed by atoms with Crippen LogP contribution in [-0.2, 0) is 6.42 Å². The Labute approximate surface area is 274 Å². The van der Waals surface area contributed by atoms with Gasteiger partial charge in [-0.15, -0.1) is 0 Å². The molecule has 2 aromatic heterocycles. The van der Waals surface area contributed by atoms with Gasteiger partial charge < -0.3 is 9.13 Å². The van der Waals surface area contributed by atoms with Gasteiger partial charge in [0.25, 0.3) is 0 Å². The summed E-state index contributed by atoms with van der Waals surface area (Å²) in [5.41, 5.74) is 13.9. The number of nitrogens with zero attached hydrogens (tertiary/aromatic N) is 2. The van der Waals surface area contributed by atoms with Crippen LogP contribution >= 0.6 is 0 Å². The highest BCUT2D eigenvalue weighted by molar-refractivity contribution is 6.11. The van der Waals surface area contributed by atoms with Crippen LogP contribution in [0.5, 0.6) is 0 Å². The molecule has 0 amide bonds. The number of hydrogen-bond acceptors (Lipinski definition) is 0. The Morgan fingerprint density at radius 1 is 0.596 bits per heavy atom. The molecule has 8 aromatic rings. The van der Waals surface area contributed by atoms with Gasteiger partial charge in [-0.1, -0.05) is 110 Å². The molecule has 0 N–H and O–H groups in total. The summed E-state index contributed by atoms with van der Waals surface area (Å²) in [6.07, 6.45) is 8.51. The predicted octanol–water partition coefficient (Wildman–Crippen LogP) is 12.1. The van der Waals surface area contributed by atoms with Crippen LogP contribution in [0.25, 0.3) is 77.6 Å². The standard InChI is InChI=1S/C45H34N2/c1-3-36(4-2)46-42-15-9-7-13-38(42)40-28-34(22-25-44(40)46)31-17-19-32(20-18-31)35-23-26-45-41(29-35)39-14-8-10-16-43(39)47(45)37-24-21-30-11-5-6-12-33(30)27-37/h3-22,24-25,27-29H,1,23,26H2,2H3/b36-4+. The van der Waals surface area contributed by atoms with Gasteiger partial charge in [-0.05, 0) is 101 Å². The lowest BCUT2D eigenvalue weighted by Crippen LogP contribution is -2.05. The number of aromatic nitrogens is 2. The van der Waals surface area contributed by atoms with Gasteiger partial charge in [0.1, 0.15) is 0 Å². The van der Waals surface area contributed by atoms with E-state index < -0.39 is 0 Å². The van der Waals surface area contributed by atoms with Crippen molar-refractivity contribution < 1.29 is 0 Å². The van der Waals surface area contributed by atoms with Crippen molar-refractivity contribution in [3.05, 3.63) is 169 Å². The van der Waals surface area contributed by atoms with Crippen molar-refractivity contribution in [3.8, 4) is 16.8 Å². The van der Waals surface area contributed by atoms with Crippen LogP contribution in [0.15, 0.2) is 152 Å². The normalized spacial score (nSPS) is 13.4. The molecule has 0 saturated heterocycles. The van der Waals surface area contributed by atoms with E-state index in [1.165, 1.54) is 82.7 Å². The van der Waals surface area contributed by atoms with Gasteiger partial charge in [0.15, 0.2) is 0 Å². The molecule has 0 saturated carbocycles. The molecule has 1 aliphatic carbocycles. The Morgan fingerprint density at radius 3 is 2.09 bits per heavy atom. The van der Waals surface area contributed by atoms with Crippen LogP contribution in [0.3, 0.4) is 0 Å². The van der Waals surface area contributed by atoms with Crippen molar-refractivity contribution in [1.29, 1.82) is 0 Å². The van der Waals surface area contributed by atoms with E-state index in [0.29, 0.717) is 0 Å². The van der Waals surface area contributed by atoms with Crippen molar-refractivity contribution in [3.63, 3.8) is 0 Å². The maximum Gasteiger partial charge on any atom is 0.0541 e. The van der Waals surface area contributed by atoms with Crippen molar-refractivity contribution in [2.45, 2.75) is 19.8 Å². The van der Waals surface area contributed by atoms with Crippen LogP contribution in [0.1, 0.15) is 30.2 Å². The average Bonchev–Trinajstić information content (AvgIpc) is 3.64. The van der Waals surface area contributed by atoms with Crippen LogP contribution < -0.4 is 0 Å². The lowest BCUT2D eigenvalue weighted by molar-refractivity contribution is 0.899. The molecule has 2 heterocycles. The maximum atomic E-state index is 4.07. The van der Waals surface area contributed by atoms with Gasteiger partial charge in [0, 0.05) is 38.8 Å². The number of allylic oxidation sites excluding steroid dienone is 4. The second-order valence-electron chi connectivity index (χ2n) is 12.5. The molecule has 9 rings (SSSR count). The Hall–Kier alpha value is -5.86. The summed E-state index contributed by atoms with van der Waals surface area (Å²) < 4.78 is 4.79. The van der Waals surface area contributed by atoms with E-state index in [4.69, 9.17) is 0 Å². The number of para-hydroxylation sites is 2. The van der Waals surface area contributed by atoms with E-state index in [0.717, 1.165) is 18.5 Å². The van der Waals surface area contributed by atoms with E-state index in [-0.39, 0.29) is 0 Å². The van der Waals surface area contributed by atoms with Crippen LogP contribution in [0.2, 0.25) is 0 Å². The molecule has 2 heteroatoms. The monoisotopic (exact) mass is 602 g/mol. The third-order valence-electron chi connectivity index (χ3n) is 9.98. The fraction of sp³-hybridized carbons (Fsp3) is 0.0667. The van der Waals surface area contributed by atoms with Crippen LogP contribution in [0.4, 0.5) is 0 Å². The third-order valence-corrected chi connectivity index (χ3v) is 9.98. The molecule has 47 heavy (non-hydrogen) atoms. The highest BCUT2D eigenvalue weighted by atomic mass is 15.0. The molecule has 0 atom stereocenters. The Balaban J connectivity index is 1.10. The summed E-state index contributed by atoms with van der Waals surface area (Å²) in [6.45, 7) is 6.14. The Bertz CT molecular complexity index is 2580. The summed E-state index contributed by atoms with van der Waals surface area (Å²) in [5.74, 6) is 0. The Kier molecular flexibility index (Phi) is 6.36. The lowest BCUT2D eigenvalue weighted by Gasteiger charge is -2.18. The maximum absolute atomic E-state index is 4.07. The summed E-state index contributed by atoms with van der Waals surface area (Å²) in [7, 11) is 0. The van der Waals surface area contributed by atoms with Gasteiger partial charge in [-0.25, -0.2) is 0 Å². The fourth-order valence-corrected chi connectivity index (χ4v) is 7.71. The lowest BCUT2D eigenvalue weighted by atomic mass is 9.90. The second kappa shape index (κ2) is 10.9. The van der Waals surface area contributed by atoms with E-state index in [2.05, 4.69) is 168 Å². The zero-order valence-electron chi connectivity index (χ0n) is 26.4. The SMILES string of the molecule is C=C/C(=C\C)n1c2ccccc2c2cc(-c3ccc(C4=Cc5c(n(-c6ccc7ccccc7c6)c6ccccc56)CC4)cc3)ccc21. The topological polar surface area (TPSA) is 9.86 Å². The molecule has 1 aliphatic rings. The first-order valence-electron chi connectivity index (χ1n) is 16.5. The molecular weight excluding hydrogens is 569 g/mol. The molecule has 2 nitrogen and oxygen atoms in total. The van der Waals surface area contributed by atoms with Crippen molar-refractivity contribution in [2.75, 3.05) is 0 Å². The number of hydrogen-bond donors (Lipinski definition) is 0. The first-order chi connectivity index (χ1) is 23.2. The third kappa shape index (κ3) is 4.33. The first kappa shape index (κ1) is 27.5. The molecule has 0 bridgehead atoms. The second-order valence-corrected chi connectivity index (χ2v) is 12.5. The van der Waals surface area contributed by atoms with Crippen LogP contribution in [0, 0.1) is 0 Å². The van der Waals surface area contributed by atoms with Gasteiger partial charge in [0.05, 0.1) is 16.6 Å². The van der Waals surface area contributed by atoms with E-state index in [9.17, 15) is 0 Å². The summed E-state index contributed by atoms with van der Waals surface area (Å²) in [6, 6.07) is 49.0. The molecular formula is C45H34N2. The zero-order chi connectivity index (χ0) is 31.5. The quantitative estimate of drug-likeness (QED) is 0.173. The molecule has 0 aliphatic heterocycles. The van der Waals surface area contributed by atoms with Crippen molar-refractivity contribution in [2.24, 2.45) is 0 Å². The van der Waals surface area contributed by atoms with Crippen molar-refractivity contribution in [1.82, 2.24) is 9.13 Å². The smallest absolute Gasteiger partial charge is 0.0541 e. The highest BCUT2D eigenvalue weighted by Crippen LogP contribution is 2.40. The molecule has 0 unspecified atom stereocenters. The average molecular weight is 603 g/mol. The largest absolute Gasteiger partial charge is 0.313 e. The number of fused-ring (bicyclic) bond motifs is 7. The zero-order valence-corrected chi connectivity index (χ0v) is 26.4. The van der Waals surface area contributed by atoms with Crippen molar-refractivity contribution >= 4 is 60.8 Å². The summed E-state index contributed by atoms with van der Waals surface area (Å²) in [4.78, 5) is 0. The predicted molar refractivity (Wildman–Crippen MR) is 202 cm³/mol. The highest BCUT2D eigenvalue weighted by Gasteiger charge is 2.22. The van der Waals surface area contributed by atoms with Gasteiger partial charge in [-0.3, -0.25) is 0 Å². The van der Waals surface area contributed by atoms with Crippen LogP contribution in [-0.4, -0.2) is 9.13 Å². The summed E-state index contributed by atoms with van der Waals surface area (Å²) >= 11 is 0. The minimum absolute atomic E-state index is 1.00. The molecule has 0 fully saturated rings. The molecule has 6 aromatic carbocycles. The van der Waals surface area contributed by atoms with E-state index >= 15 is 0 Å². The van der Waals surface area contributed by atoms with E-state index in [1.807, 2.05) is 6.08 Å². The number of rotatable bonds is 5. The minimum atomic E-state index is 1.00. The van der Waals surface area contributed by atoms with E-state index in [1.54, 1.807) is 0 Å². The number of benzene rings is 6. The Morgan fingerprint density at radius 2 is 1.28 bits per heavy atom. The molecule has 224 valence electrons. The molecule has 0 spiro atoms. The molecule has 0 radical (unpaired) electrons. The van der Waals surface area contributed by atoms with Gasteiger partial charge in [-0.2, -0.15) is 0 Å². The van der Waals surface area contributed by atoms with Gasteiger partial charge >= 0.3 is 0 Å². The first-order valence-corrected chi connectivity index (χ1v) is 16.5.